The number of hydrogen-bond acceptors (Lipinski definition) is 4. The Kier molecular flexibility index (Phi) is 5.55. The quantitative estimate of drug-likeness (QED) is 0.422. The fourth-order valence-corrected chi connectivity index (χ4v) is 5.15. The van der Waals surface area contributed by atoms with Crippen LogP contribution in [0.25, 0.3) is 11.1 Å². The molecule has 1 N–H and O–H groups in total. The Hall–Kier alpha value is -2.64. The number of carbonyl (C=O) groups excluding carboxylic acids is 2. The summed E-state index contributed by atoms with van der Waals surface area (Å²) in [6.45, 7) is 0.0944. The molecule has 1 aromatic carbocycles. The van der Waals surface area contributed by atoms with Crippen LogP contribution in [0.1, 0.15) is 42.6 Å². The van der Waals surface area contributed by atoms with E-state index in [-0.39, 0.29) is 30.5 Å². The number of hydrogen-bond donors (Lipinski definition) is 1. The maximum atomic E-state index is 13.7. The summed E-state index contributed by atoms with van der Waals surface area (Å²) in [6, 6.07) is 10.3. The van der Waals surface area contributed by atoms with E-state index in [0.717, 1.165) is 31.2 Å². The van der Waals surface area contributed by atoms with Crippen molar-refractivity contribution in [1.29, 1.82) is 0 Å². The van der Waals surface area contributed by atoms with Gasteiger partial charge in [-0.2, -0.15) is 0 Å². The highest BCUT2D eigenvalue weighted by Gasteiger charge is 2.51. The van der Waals surface area contributed by atoms with Gasteiger partial charge in [-0.15, -0.1) is 0 Å². The average molecular weight is 476 g/mol. The van der Waals surface area contributed by atoms with Crippen LogP contribution in [0.15, 0.2) is 47.1 Å². The summed E-state index contributed by atoms with van der Waals surface area (Å²) in [6.07, 6.45) is 6.70. The summed E-state index contributed by atoms with van der Waals surface area (Å²) in [5.41, 5.74) is 2.22. The first kappa shape index (κ1) is 21.2. The standard InChI is InChI=1S/C23H23Cl2N3O4/c24-14-32-17-8-6-16(7-9-17)28-21(29)19-12-20-18(10-11-31-20)27(19)13-23(28,25)22(30)26-15-4-2-1-3-5-15/h6-12,15H,1-5,13-14H2,(H,26,30). The number of fused-ring (bicyclic) bond motifs is 3. The number of anilines is 1. The number of carbonyl (C=O) groups is 2. The number of rotatable bonds is 5. The van der Waals surface area contributed by atoms with Crippen molar-refractivity contribution in [3.05, 3.63) is 48.4 Å². The third kappa shape index (κ3) is 3.53. The van der Waals surface area contributed by atoms with E-state index >= 15 is 0 Å². The van der Waals surface area contributed by atoms with Crippen LogP contribution in [0.3, 0.4) is 0 Å². The van der Waals surface area contributed by atoms with Crippen LogP contribution >= 0.6 is 23.2 Å². The van der Waals surface area contributed by atoms with Gasteiger partial charge in [0.1, 0.15) is 11.4 Å². The average Bonchev–Trinajstić information content (AvgIpc) is 3.38. The lowest BCUT2D eigenvalue weighted by molar-refractivity contribution is -0.125. The van der Waals surface area contributed by atoms with Crippen molar-refractivity contribution < 1.29 is 18.7 Å². The van der Waals surface area contributed by atoms with Gasteiger partial charge in [-0.1, -0.05) is 42.5 Å². The van der Waals surface area contributed by atoms with Crippen LogP contribution in [-0.4, -0.2) is 33.5 Å². The van der Waals surface area contributed by atoms with Gasteiger partial charge in [-0.25, -0.2) is 0 Å². The number of alkyl halides is 2. The van der Waals surface area contributed by atoms with E-state index < -0.39 is 5.00 Å². The van der Waals surface area contributed by atoms with Crippen LogP contribution < -0.4 is 15.0 Å². The fourth-order valence-electron chi connectivity index (χ4n) is 4.67. The molecule has 9 heteroatoms. The Labute approximate surface area is 195 Å². The van der Waals surface area contributed by atoms with Crippen LogP contribution in [0.4, 0.5) is 5.69 Å². The Morgan fingerprint density at radius 1 is 1.19 bits per heavy atom. The smallest absolute Gasteiger partial charge is 0.277 e. The summed E-state index contributed by atoms with van der Waals surface area (Å²) in [5, 5.41) is 3.10. The van der Waals surface area contributed by atoms with Crippen LogP contribution in [0.5, 0.6) is 5.75 Å². The van der Waals surface area contributed by atoms with Gasteiger partial charge in [0.05, 0.1) is 18.3 Å². The number of aromatic nitrogens is 1. The number of halogens is 2. The maximum absolute atomic E-state index is 13.7. The highest BCUT2D eigenvalue weighted by molar-refractivity contribution is 6.39. The zero-order valence-corrected chi connectivity index (χ0v) is 18.9. The lowest BCUT2D eigenvalue weighted by Crippen LogP contribution is -2.64. The number of amides is 2. The molecule has 2 aliphatic rings. The van der Waals surface area contributed by atoms with Crippen molar-refractivity contribution in [2.45, 2.75) is 49.7 Å². The van der Waals surface area contributed by atoms with E-state index in [9.17, 15) is 9.59 Å². The fraction of sp³-hybridized carbons (Fsp3) is 0.391. The van der Waals surface area contributed by atoms with Crippen molar-refractivity contribution in [3.8, 4) is 5.75 Å². The van der Waals surface area contributed by atoms with Crippen LogP contribution in [0, 0.1) is 0 Å². The van der Waals surface area contributed by atoms with E-state index in [4.69, 9.17) is 32.4 Å². The first-order valence-electron chi connectivity index (χ1n) is 10.7. The Morgan fingerprint density at radius 3 is 2.66 bits per heavy atom. The molecule has 2 aromatic heterocycles. The minimum Gasteiger partial charge on any atom is -0.478 e. The molecular weight excluding hydrogens is 453 g/mol. The minimum atomic E-state index is -1.64. The highest BCUT2D eigenvalue weighted by Crippen LogP contribution is 2.39. The summed E-state index contributed by atoms with van der Waals surface area (Å²) in [7, 11) is 0. The van der Waals surface area contributed by atoms with Gasteiger partial charge >= 0.3 is 0 Å². The van der Waals surface area contributed by atoms with Crippen molar-refractivity contribution in [3.63, 3.8) is 0 Å². The zero-order valence-electron chi connectivity index (χ0n) is 17.4. The maximum Gasteiger partial charge on any atom is 0.277 e. The lowest BCUT2D eigenvalue weighted by atomic mass is 9.95. The largest absolute Gasteiger partial charge is 0.478 e. The molecule has 3 heterocycles. The number of ether oxygens (including phenoxy) is 1. The molecule has 1 unspecified atom stereocenters. The third-order valence-electron chi connectivity index (χ3n) is 6.27. The predicted molar refractivity (Wildman–Crippen MR) is 122 cm³/mol. The van der Waals surface area contributed by atoms with Gasteiger partial charge in [-0.05, 0) is 37.1 Å². The number of furan rings is 1. The molecule has 1 saturated carbocycles. The molecule has 0 bridgehead atoms. The number of nitrogens with one attached hydrogen (secondary N) is 1. The molecule has 3 aromatic rings. The van der Waals surface area contributed by atoms with Gasteiger partial charge in [0, 0.05) is 23.9 Å². The Bertz CT molecular complexity index is 1150. The second-order valence-electron chi connectivity index (χ2n) is 8.24. The summed E-state index contributed by atoms with van der Waals surface area (Å²) < 4.78 is 12.5. The van der Waals surface area contributed by atoms with Gasteiger partial charge in [0.25, 0.3) is 11.8 Å². The number of nitrogens with zero attached hydrogens (tertiary/aromatic N) is 2. The highest BCUT2D eigenvalue weighted by atomic mass is 35.5. The minimum absolute atomic E-state index is 0.0117. The first-order valence-corrected chi connectivity index (χ1v) is 11.6. The van der Waals surface area contributed by atoms with E-state index in [1.54, 1.807) is 47.2 Å². The van der Waals surface area contributed by atoms with Gasteiger partial charge in [0.15, 0.2) is 11.6 Å². The molecule has 32 heavy (non-hydrogen) atoms. The molecule has 1 aliphatic carbocycles. The van der Waals surface area contributed by atoms with Crippen LogP contribution in [-0.2, 0) is 11.3 Å². The lowest BCUT2D eigenvalue weighted by Gasteiger charge is -2.42. The normalized spacial score (nSPS) is 21.6. The molecule has 0 radical (unpaired) electrons. The monoisotopic (exact) mass is 475 g/mol. The molecular formula is C23H23Cl2N3O4. The van der Waals surface area contributed by atoms with Gasteiger partial charge in [0.2, 0.25) is 5.00 Å². The molecule has 1 atom stereocenters. The predicted octanol–water partition coefficient (Wildman–Crippen LogP) is 4.85. The van der Waals surface area contributed by atoms with Crippen molar-refractivity contribution >= 4 is 51.8 Å². The molecule has 0 saturated heterocycles. The van der Waals surface area contributed by atoms with Gasteiger partial charge in [-0.3, -0.25) is 14.5 Å². The van der Waals surface area contributed by atoms with Crippen molar-refractivity contribution in [2.75, 3.05) is 11.0 Å². The van der Waals surface area contributed by atoms with Crippen molar-refractivity contribution in [2.24, 2.45) is 0 Å². The zero-order chi connectivity index (χ0) is 22.3. The van der Waals surface area contributed by atoms with Crippen LogP contribution in [0.2, 0.25) is 0 Å². The van der Waals surface area contributed by atoms with E-state index in [0.29, 0.717) is 22.7 Å². The molecule has 7 nitrogen and oxygen atoms in total. The SMILES string of the molecule is O=C1c2cc3occc3n2CC(Cl)(C(=O)NC2CCCCC2)N1c1ccc(OCCl)cc1. The third-order valence-corrected chi connectivity index (χ3v) is 6.84. The van der Waals surface area contributed by atoms with E-state index in [1.165, 1.54) is 11.3 Å². The van der Waals surface area contributed by atoms with E-state index in [1.807, 2.05) is 0 Å². The molecule has 168 valence electrons. The molecule has 5 rings (SSSR count). The Balaban J connectivity index is 1.56. The first-order chi connectivity index (χ1) is 15.5. The second kappa shape index (κ2) is 8.37. The summed E-state index contributed by atoms with van der Waals surface area (Å²) in [5.74, 6) is -0.195. The molecule has 1 aliphatic heterocycles. The molecule has 1 fully saturated rings. The summed E-state index contributed by atoms with van der Waals surface area (Å²) in [4.78, 5) is 27.0. The summed E-state index contributed by atoms with van der Waals surface area (Å²) >= 11 is 12.7. The van der Waals surface area contributed by atoms with E-state index in [2.05, 4.69) is 5.32 Å². The number of benzene rings is 1. The second-order valence-corrected chi connectivity index (χ2v) is 9.08. The van der Waals surface area contributed by atoms with Gasteiger partial charge < -0.3 is 19.0 Å². The Morgan fingerprint density at radius 2 is 1.94 bits per heavy atom. The van der Waals surface area contributed by atoms with Crippen molar-refractivity contribution in [1.82, 2.24) is 9.88 Å². The molecule has 2 amide bonds. The topological polar surface area (TPSA) is 76.7 Å². The molecule has 0 spiro atoms.